The topological polar surface area (TPSA) is 167 Å². The molecule has 1 aromatic heterocycles. The van der Waals surface area contributed by atoms with Crippen molar-refractivity contribution in [2.45, 2.75) is 4.90 Å². The molecule has 27 heavy (non-hydrogen) atoms. The fourth-order valence-corrected chi connectivity index (χ4v) is 3.26. The van der Waals surface area contributed by atoms with Crippen molar-refractivity contribution in [3.8, 4) is 5.75 Å². The number of primary sulfonamides is 1. The van der Waals surface area contributed by atoms with Crippen molar-refractivity contribution < 1.29 is 22.9 Å². The maximum absolute atomic E-state index is 12.1. The zero-order valence-electron chi connectivity index (χ0n) is 13.4. The van der Waals surface area contributed by atoms with Crippen LogP contribution in [0.3, 0.4) is 0 Å². The number of benzene rings is 2. The van der Waals surface area contributed by atoms with Crippen LogP contribution >= 0.6 is 11.7 Å². The van der Waals surface area contributed by atoms with Gasteiger partial charge in [0.15, 0.2) is 12.4 Å². The number of aromatic nitrogens is 2. The van der Waals surface area contributed by atoms with Crippen LogP contribution in [0.4, 0.5) is 11.4 Å². The van der Waals surface area contributed by atoms with Crippen LogP contribution in [0.25, 0.3) is 11.0 Å². The van der Waals surface area contributed by atoms with Crippen LogP contribution in [-0.4, -0.2) is 34.6 Å². The van der Waals surface area contributed by atoms with Gasteiger partial charge in [-0.15, -0.1) is 0 Å². The number of amides is 1. The molecule has 1 amide bonds. The Morgan fingerprint density at radius 1 is 1.30 bits per heavy atom. The summed E-state index contributed by atoms with van der Waals surface area (Å²) in [7, 11) is -4.11. The van der Waals surface area contributed by atoms with E-state index in [9.17, 15) is 23.3 Å². The normalized spacial score (nSPS) is 11.3. The van der Waals surface area contributed by atoms with Gasteiger partial charge in [-0.25, -0.2) is 13.6 Å². The van der Waals surface area contributed by atoms with Crippen LogP contribution in [0.2, 0.25) is 0 Å². The third kappa shape index (κ3) is 4.16. The summed E-state index contributed by atoms with van der Waals surface area (Å²) in [5.41, 5.74) is 0.932. The van der Waals surface area contributed by atoms with Gasteiger partial charge in [0.25, 0.3) is 5.91 Å². The van der Waals surface area contributed by atoms with E-state index in [1.54, 1.807) is 18.2 Å². The van der Waals surface area contributed by atoms with Crippen molar-refractivity contribution in [3.05, 3.63) is 46.5 Å². The summed E-state index contributed by atoms with van der Waals surface area (Å²) in [6.45, 7) is -0.538. The molecule has 2 aromatic carbocycles. The molecular weight excluding hydrogens is 398 g/mol. The molecule has 3 N–H and O–H groups in total. The second kappa shape index (κ2) is 7.22. The van der Waals surface area contributed by atoms with Crippen LogP contribution in [0, 0.1) is 10.1 Å². The van der Waals surface area contributed by atoms with E-state index >= 15 is 0 Å². The molecule has 0 aliphatic heterocycles. The molecule has 0 spiro atoms. The molecule has 0 saturated carbocycles. The Bertz CT molecular complexity index is 1140. The van der Waals surface area contributed by atoms with Crippen LogP contribution in [0.15, 0.2) is 41.3 Å². The molecule has 0 fully saturated rings. The first kappa shape index (κ1) is 18.6. The first-order valence-corrected chi connectivity index (χ1v) is 9.48. The minimum absolute atomic E-state index is 0.268. The van der Waals surface area contributed by atoms with Gasteiger partial charge in [0.2, 0.25) is 10.0 Å². The van der Waals surface area contributed by atoms with Crippen molar-refractivity contribution >= 4 is 50.1 Å². The van der Waals surface area contributed by atoms with E-state index < -0.39 is 38.0 Å². The molecular formula is C14H11N5O6S2. The number of nitro groups is 1. The Morgan fingerprint density at radius 3 is 2.78 bits per heavy atom. The number of carbonyl (C=O) groups is 1. The summed E-state index contributed by atoms with van der Waals surface area (Å²) in [4.78, 5) is 22.0. The molecule has 0 unspecified atom stereocenters. The van der Waals surface area contributed by atoms with Crippen LogP contribution in [-0.2, 0) is 14.8 Å². The highest BCUT2D eigenvalue weighted by Crippen LogP contribution is 2.29. The summed E-state index contributed by atoms with van der Waals surface area (Å²) in [5, 5.41) is 18.7. The summed E-state index contributed by atoms with van der Waals surface area (Å²) in [5.74, 6) is -0.851. The van der Waals surface area contributed by atoms with Crippen LogP contribution < -0.4 is 15.2 Å². The van der Waals surface area contributed by atoms with Gasteiger partial charge in [-0.05, 0) is 24.3 Å². The Balaban J connectivity index is 1.75. The largest absolute Gasteiger partial charge is 0.477 e. The predicted octanol–water partition coefficient (Wildman–Crippen LogP) is 1.26. The summed E-state index contributed by atoms with van der Waals surface area (Å²) >= 11 is 0.996. The third-order valence-corrected chi connectivity index (χ3v) is 4.83. The second-order valence-electron chi connectivity index (χ2n) is 5.21. The number of hydrogen-bond acceptors (Lipinski definition) is 9. The summed E-state index contributed by atoms with van der Waals surface area (Å²) in [6.07, 6.45) is 0. The van der Waals surface area contributed by atoms with Crippen LogP contribution in [0.5, 0.6) is 5.75 Å². The van der Waals surface area contributed by atoms with E-state index in [-0.39, 0.29) is 5.75 Å². The van der Waals surface area contributed by atoms with E-state index in [4.69, 9.17) is 9.88 Å². The molecule has 0 bridgehead atoms. The number of ether oxygens (including phenoxy) is 1. The smallest absolute Gasteiger partial charge is 0.312 e. The Labute approximate surface area is 156 Å². The first-order valence-electron chi connectivity index (χ1n) is 7.21. The number of fused-ring (bicyclic) bond motifs is 1. The molecule has 3 rings (SSSR count). The van der Waals surface area contributed by atoms with Crippen LogP contribution in [0.1, 0.15) is 0 Å². The lowest BCUT2D eigenvalue weighted by atomic mass is 10.2. The molecule has 140 valence electrons. The second-order valence-corrected chi connectivity index (χ2v) is 7.30. The standard InChI is InChI=1S/C14H11N5O6S2/c15-27(23,24)8-4-5-12(11(6-8)19(21)22)25-7-13(20)16-9-2-1-3-10-14(9)18-26-17-10/h1-6H,7H2,(H,16,20)(H2,15,23,24). The summed E-state index contributed by atoms with van der Waals surface area (Å²) in [6, 6.07) is 7.95. The number of anilines is 1. The van der Waals surface area contributed by atoms with E-state index in [0.717, 1.165) is 29.9 Å². The van der Waals surface area contributed by atoms with Crippen molar-refractivity contribution in [3.63, 3.8) is 0 Å². The molecule has 11 nitrogen and oxygen atoms in total. The van der Waals surface area contributed by atoms with Crippen molar-refractivity contribution in [2.24, 2.45) is 5.14 Å². The number of nitrogens with zero attached hydrogens (tertiary/aromatic N) is 3. The third-order valence-electron chi connectivity index (χ3n) is 3.37. The highest BCUT2D eigenvalue weighted by Gasteiger charge is 2.21. The van der Waals surface area contributed by atoms with Gasteiger partial charge >= 0.3 is 5.69 Å². The summed E-state index contributed by atoms with van der Waals surface area (Å²) < 4.78 is 35.9. The number of carbonyl (C=O) groups excluding carboxylic acids is 1. The number of sulfonamides is 1. The minimum atomic E-state index is -4.11. The van der Waals surface area contributed by atoms with E-state index in [0.29, 0.717) is 16.7 Å². The van der Waals surface area contributed by atoms with Crippen molar-refractivity contribution in [2.75, 3.05) is 11.9 Å². The number of rotatable bonds is 6. The Hall–Kier alpha value is -3.16. The predicted molar refractivity (Wildman–Crippen MR) is 96.0 cm³/mol. The molecule has 0 radical (unpaired) electrons. The van der Waals surface area contributed by atoms with Gasteiger partial charge in [0.05, 0.1) is 27.2 Å². The van der Waals surface area contributed by atoms with Crippen molar-refractivity contribution in [1.29, 1.82) is 0 Å². The average Bonchev–Trinajstić information content (AvgIpc) is 3.08. The zero-order valence-corrected chi connectivity index (χ0v) is 15.0. The lowest BCUT2D eigenvalue weighted by Gasteiger charge is -2.09. The maximum atomic E-state index is 12.1. The quantitative estimate of drug-likeness (QED) is 0.453. The zero-order chi connectivity index (χ0) is 19.6. The lowest BCUT2D eigenvalue weighted by Crippen LogP contribution is -2.20. The lowest BCUT2D eigenvalue weighted by molar-refractivity contribution is -0.386. The molecule has 13 heteroatoms. The van der Waals surface area contributed by atoms with Gasteiger partial charge in [0, 0.05) is 6.07 Å². The Kier molecular flexibility index (Phi) is 4.98. The molecule has 0 aliphatic carbocycles. The van der Waals surface area contributed by atoms with Gasteiger partial charge in [-0.3, -0.25) is 14.9 Å². The molecule has 0 saturated heterocycles. The molecule has 1 heterocycles. The number of nitrogens with one attached hydrogen (secondary N) is 1. The Morgan fingerprint density at radius 2 is 2.07 bits per heavy atom. The van der Waals surface area contributed by atoms with Gasteiger partial charge in [-0.2, -0.15) is 8.75 Å². The highest BCUT2D eigenvalue weighted by atomic mass is 32.2. The fraction of sp³-hybridized carbons (Fsp3) is 0.0714. The van der Waals surface area contributed by atoms with E-state index in [1.807, 2.05) is 0 Å². The average molecular weight is 409 g/mol. The minimum Gasteiger partial charge on any atom is -0.477 e. The highest BCUT2D eigenvalue weighted by molar-refractivity contribution is 7.89. The first-order chi connectivity index (χ1) is 12.8. The van der Waals surface area contributed by atoms with E-state index in [2.05, 4.69) is 14.1 Å². The number of nitro benzene ring substituents is 1. The fourth-order valence-electron chi connectivity index (χ4n) is 2.18. The number of nitrogens with two attached hydrogens (primary N) is 1. The number of hydrogen-bond donors (Lipinski definition) is 2. The SMILES string of the molecule is NS(=O)(=O)c1ccc(OCC(=O)Nc2cccc3nsnc23)c([N+](=O)[O-])c1. The maximum Gasteiger partial charge on any atom is 0.312 e. The molecule has 0 aliphatic rings. The van der Waals surface area contributed by atoms with Gasteiger partial charge in [-0.1, -0.05) is 6.07 Å². The van der Waals surface area contributed by atoms with Crippen molar-refractivity contribution in [1.82, 2.24) is 8.75 Å². The van der Waals surface area contributed by atoms with E-state index in [1.165, 1.54) is 0 Å². The molecule has 3 aromatic rings. The van der Waals surface area contributed by atoms with Gasteiger partial charge in [0.1, 0.15) is 11.0 Å². The monoisotopic (exact) mass is 409 g/mol. The molecule has 0 atom stereocenters. The van der Waals surface area contributed by atoms with Gasteiger partial charge < -0.3 is 10.1 Å².